The van der Waals surface area contributed by atoms with Crippen molar-refractivity contribution in [3.63, 3.8) is 0 Å². The average molecular weight is 451 g/mol. The van der Waals surface area contributed by atoms with Crippen LogP contribution in [0, 0.1) is 28.4 Å². The number of ether oxygens (including phenoxy) is 1. The van der Waals surface area contributed by atoms with Gasteiger partial charge in [-0.2, -0.15) is 5.26 Å². The molecule has 2 aromatic rings. The fraction of sp³-hybridized carbons (Fsp3) is 0.111. The van der Waals surface area contributed by atoms with E-state index in [2.05, 4.69) is 21.2 Å². The standard InChI is InChI=1S/C18H13BrClN3O4/c1-10-3-4-13(8-15(10)20)22-18(24)12(9-21)5-11-6-14(19)17(27-2)16(7-11)23(25)26/h3-8H,1-2H3,(H,22,24)/b12-5-. The van der Waals surface area contributed by atoms with Crippen LogP contribution >= 0.6 is 27.5 Å². The van der Waals surface area contributed by atoms with E-state index in [0.717, 1.165) is 5.56 Å². The van der Waals surface area contributed by atoms with Gasteiger partial charge in [0.15, 0.2) is 0 Å². The van der Waals surface area contributed by atoms with Crippen LogP contribution in [-0.2, 0) is 4.79 Å². The fourth-order valence-electron chi connectivity index (χ4n) is 2.20. The van der Waals surface area contributed by atoms with E-state index < -0.39 is 10.8 Å². The predicted octanol–water partition coefficient (Wildman–Crippen LogP) is 4.87. The SMILES string of the molecule is COc1c(Br)cc(/C=C(/C#N)C(=O)Nc2ccc(C)c(Cl)c2)cc1[N+](=O)[O-]. The second-order valence-corrected chi connectivity index (χ2v) is 6.66. The molecule has 0 saturated carbocycles. The van der Waals surface area contributed by atoms with E-state index in [9.17, 15) is 20.2 Å². The molecular weight excluding hydrogens is 438 g/mol. The smallest absolute Gasteiger partial charge is 0.312 e. The van der Waals surface area contributed by atoms with Crippen LogP contribution in [0.1, 0.15) is 11.1 Å². The van der Waals surface area contributed by atoms with Crippen LogP contribution in [0.2, 0.25) is 5.02 Å². The molecule has 0 bridgehead atoms. The molecule has 7 nitrogen and oxygen atoms in total. The molecule has 0 aliphatic carbocycles. The third-order valence-electron chi connectivity index (χ3n) is 3.55. The lowest BCUT2D eigenvalue weighted by Gasteiger charge is -2.07. The molecule has 27 heavy (non-hydrogen) atoms. The Morgan fingerprint density at radius 3 is 2.67 bits per heavy atom. The summed E-state index contributed by atoms with van der Waals surface area (Å²) in [6.45, 7) is 1.82. The number of nitriles is 1. The first-order chi connectivity index (χ1) is 12.8. The summed E-state index contributed by atoms with van der Waals surface area (Å²) in [6, 6.07) is 9.48. The highest BCUT2D eigenvalue weighted by Crippen LogP contribution is 2.36. The number of anilines is 1. The number of carbonyl (C=O) groups excluding carboxylic acids is 1. The molecule has 0 unspecified atom stereocenters. The van der Waals surface area contributed by atoms with Crippen LogP contribution in [0.3, 0.4) is 0 Å². The van der Waals surface area contributed by atoms with E-state index in [-0.39, 0.29) is 17.0 Å². The van der Waals surface area contributed by atoms with E-state index in [1.165, 1.54) is 25.3 Å². The van der Waals surface area contributed by atoms with E-state index in [0.29, 0.717) is 20.7 Å². The molecule has 138 valence electrons. The Hall–Kier alpha value is -2.89. The minimum Gasteiger partial charge on any atom is -0.489 e. The van der Waals surface area contributed by atoms with Crippen LogP contribution in [-0.4, -0.2) is 17.9 Å². The third-order valence-corrected chi connectivity index (χ3v) is 4.55. The zero-order valence-corrected chi connectivity index (χ0v) is 16.6. The average Bonchev–Trinajstić information content (AvgIpc) is 2.62. The summed E-state index contributed by atoms with van der Waals surface area (Å²) >= 11 is 9.21. The van der Waals surface area contributed by atoms with E-state index in [1.807, 2.05) is 6.92 Å². The molecule has 1 N–H and O–H groups in total. The molecule has 0 radical (unpaired) electrons. The van der Waals surface area contributed by atoms with Gasteiger partial charge in [-0.15, -0.1) is 0 Å². The molecule has 0 atom stereocenters. The molecule has 0 aliphatic rings. The maximum Gasteiger partial charge on any atom is 0.312 e. The fourth-order valence-corrected chi connectivity index (χ4v) is 3.01. The molecule has 0 saturated heterocycles. The van der Waals surface area contributed by atoms with Crippen molar-refractivity contribution >= 4 is 50.9 Å². The minimum atomic E-state index is -0.660. The Labute approximate surface area is 168 Å². The summed E-state index contributed by atoms with van der Waals surface area (Å²) in [7, 11) is 1.31. The van der Waals surface area contributed by atoms with E-state index in [1.54, 1.807) is 24.3 Å². The number of nitrogens with one attached hydrogen (secondary N) is 1. The molecular formula is C18H13BrClN3O4. The first kappa shape index (κ1) is 20.4. The third kappa shape index (κ3) is 4.84. The summed E-state index contributed by atoms with van der Waals surface area (Å²) in [4.78, 5) is 22.9. The number of hydrogen-bond acceptors (Lipinski definition) is 5. The van der Waals surface area contributed by atoms with Crippen molar-refractivity contribution in [1.29, 1.82) is 5.26 Å². The van der Waals surface area contributed by atoms with Crippen LogP contribution in [0.25, 0.3) is 6.08 Å². The van der Waals surface area contributed by atoms with Gasteiger partial charge < -0.3 is 10.1 Å². The van der Waals surface area contributed by atoms with Crippen molar-refractivity contribution in [2.24, 2.45) is 0 Å². The number of methoxy groups -OCH3 is 1. The number of rotatable bonds is 5. The van der Waals surface area contributed by atoms with Gasteiger partial charge in [0.05, 0.1) is 16.5 Å². The lowest BCUT2D eigenvalue weighted by atomic mass is 10.1. The molecule has 2 rings (SSSR count). The lowest BCUT2D eigenvalue weighted by molar-refractivity contribution is -0.385. The van der Waals surface area contributed by atoms with Gasteiger partial charge in [-0.05, 0) is 58.3 Å². The molecule has 0 spiro atoms. The van der Waals surface area contributed by atoms with Crippen LogP contribution < -0.4 is 10.1 Å². The van der Waals surface area contributed by atoms with Gasteiger partial charge >= 0.3 is 5.69 Å². The van der Waals surface area contributed by atoms with Crippen molar-refractivity contribution in [3.05, 3.63) is 66.6 Å². The highest BCUT2D eigenvalue weighted by Gasteiger charge is 2.20. The number of amides is 1. The highest BCUT2D eigenvalue weighted by atomic mass is 79.9. The van der Waals surface area contributed by atoms with Gasteiger partial charge in [0.1, 0.15) is 11.6 Å². The van der Waals surface area contributed by atoms with Crippen LogP contribution in [0.5, 0.6) is 5.75 Å². The summed E-state index contributed by atoms with van der Waals surface area (Å²) in [6.07, 6.45) is 1.25. The maximum absolute atomic E-state index is 12.4. The molecule has 0 fully saturated rings. The number of hydrogen-bond donors (Lipinski definition) is 1. The first-order valence-electron chi connectivity index (χ1n) is 7.48. The Kier molecular flexibility index (Phi) is 6.55. The Balaban J connectivity index is 2.37. The number of nitro groups is 1. The number of halogens is 2. The first-order valence-corrected chi connectivity index (χ1v) is 8.65. The Morgan fingerprint density at radius 2 is 2.11 bits per heavy atom. The normalized spacial score (nSPS) is 10.9. The van der Waals surface area contributed by atoms with Crippen molar-refractivity contribution in [2.45, 2.75) is 6.92 Å². The topological polar surface area (TPSA) is 105 Å². The predicted molar refractivity (Wildman–Crippen MR) is 106 cm³/mol. The van der Waals surface area contributed by atoms with Crippen molar-refractivity contribution in [2.75, 3.05) is 12.4 Å². The largest absolute Gasteiger partial charge is 0.489 e. The molecule has 2 aromatic carbocycles. The molecule has 0 aromatic heterocycles. The highest BCUT2D eigenvalue weighted by molar-refractivity contribution is 9.10. The number of benzene rings is 2. The van der Waals surface area contributed by atoms with Gasteiger partial charge in [0.25, 0.3) is 5.91 Å². The quantitative estimate of drug-likeness (QED) is 0.303. The number of nitrogens with zero attached hydrogens (tertiary/aromatic N) is 2. The van der Waals surface area contributed by atoms with Gasteiger partial charge in [0.2, 0.25) is 5.75 Å². The van der Waals surface area contributed by atoms with E-state index >= 15 is 0 Å². The second-order valence-electron chi connectivity index (χ2n) is 5.40. The Bertz CT molecular complexity index is 999. The van der Waals surface area contributed by atoms with Gasteiger partial charge in [-0.3, -0.25) is 14.9 Å². The molecule has 0 heterocycles. The van der Waals surface area contributed by atoms with Crippen molar-refractivity contribution in [1.82, 2.24) is 0 Å². The zero-order chi connectivity index (χ0) is 20.1. The van der Waals surface area contributed by atoms with E-state index in [4.69, 9.17) is 16.3 Å². The van der Waals surface area contributed by atoms with Crippen molar-refractivity contribution in [3.8, 4) is 11.8 Å². The van der Waals surface area contributed by atoms with Crippen molar-refractivity contribution < 1.29 is 14.5 Å². The Morgan fingerprint density at radius 1 is 1.41 bits per heavy atom. The monoisotopic (exact) mass is 449 g/mol. The summed E-state index contributed by atoms with van der Waals surface area (Å²) in [5.41, 5.74) is 1.06. The number of carbonyl (C=O) groups is 1. The van der Waals surface area contributed by atoms with Crippen LogP contribution in [0.15, 0.2) is 40.4 Å². The summed E-state index contributed by atoms with van der Waals surface area (Å²) < 4.78 is 5.33. The van der Waals surface area contributed by atoms with Gasteiger partial charge in [0, 0.05) is 16.8 Å². The molecule has 1 amide bonds. The van der Waals surface area contributed by atoms with Crippen LogP contribution in [0.4, 0.5) is 11.4 Å². The van der Waals surface area contributed by atoms with Gasteiger partial charge in [-0.1, -0.05) is 17.7 Å². The molecule has 0 aliphatic heterocycles. The summed E-state index contributed by atoms with van der Waals surface area (Å²) in [5, 5.41) is 23.6. The number of aryl methyl sites for hydroxylation is 1. The molecule has 9 heteroatoms. The lowest BCUT2D eigenvalue weighted by Crippen LogP contribution is -2.13. The maximum atomic E-state index is 12.4. The minimum absolute atomic E-state index is 0.0504. The zero-order valence-electron chi connectivity index (χ0n) is 14.2. The summed E-state index contributed by atoms with van der Waals surface area (Å²) in [5.74, 6) is -0.610. The number of nitro benzene ring substituents is 1. The second kappa shape index (κ2) is 8.66. The van der Waals surface area contributed by atoms with Gasteiger partial charge in [-0.25, -0.2) is 0 Å².